The molecule has 1 fully saturated rings. The van der Waals surface area contributed by atoms with Crippen LogP contribution in [-0.2, 0) is 16.0 Å². The number of aliphatic hydroxyl groups excluding tert-OH is 1. The zero-order chi connectivity index (χ0) is 21.9. The summed E-state index contributed by atoms with van der Waals surface area (Å²) in [5.74, 6) is -0.434. The van der Waals surface area contributed by atoms with E-state index in [-0.39, 0.29) is 24.5 Å². The predicted octanol–water partition coefficient (Wildman–Crippen LogP) is 1.21. The maximum absolute atomic E-state index is 13.5. The first-order valence-corrected chi connectivity index (χ1v) is 10.6. The highest BCUT2D eigenvalue weighted by Crippen LogP contribution is 2.28. The van der Waals surface area contributed by atoms with Gasteiger partial charge in [-0.1, -0.05) is 20.8 Å². The monoisotopic (exact) mass is 415 g/mol. The molecule has 1 saturated heterocycles. The molecule has 0 saturated carbocycles. The second-order valence-electron chi connectivity index (χ2n) is 9.08. The fourth-order valence-electron chi connectivity index (χ4n) is 4.14. The van der Waals surface area contributed by atoms with E-state index < -0.39 is 17.5 Å². The van der Waals surface area contributed by atoms with Gasteiger partial charge in [0.2, 0.25) is 11.8 Å². The van der Waals surface area contributed by atoms with Gasteiger partial charge in [0.15, 0.2) is 0 Å². The number of pyridine rings is 1. The number of aromatic amines is 1. The molecular weight excluding hydrogens is 382 g/mol. The highest BCUT2D eigenvalue weighted by Gasteiger charge is 2.40. The van der Waals surface area contributed by atoms with Crippen molar-refractivity contribution in [1.82, 2.24) is 25.5 Å². The number of carbonyl (C=O) groups is 2. The van der Waals surface area contributed by atoms with Crippen LogP contribution in [0.3, 0.4) is 0 Å². The summed E-state index contributed by atoms with van der Waals surface area (Å²) < 4.78 is 0. The molecule has 30 heavy (non-hydrogen) atoms. The molecule has 164 valence electrons. The first kappa shape index (κ1) is 22.2. The Kier molecular flexibility index (Phi) is 6.77. The lowest BCUT2D eigenvalue weighted by atomic mass is 9.85. The molecule has 8 nitrogen and oxygen atoms in total. The maximum Gasteiger partial charge on any atom is 0.245 e. The van der Waals surface area contributed by atoms with Crippen LogP contribution in [0.25, 0.3) is 11.0 Å². The summed E-state index contributed by atoms with van der Waals surface area (Å²) in [5, 5.41) is 16.1. The van der Waals surface area contributed by atoms with Gasteiger partial charge in [-0.15, -0.1) is 0 Å². The van der Waals surface area contributed by atoms with Gasteiger partial charge in [-0.05, 0) is 49.4 Å². The van der Waals surface area contributed by atoms with Crippen LogP contribution in [0.5, 0.6) is 0 Å². The zero-order valence-electron chi connectivity index (χ0n) is 18.2. The predicted molar refractivity (Wildman–Crippen MR) is 116 cm³/mol. The van der Waals surface area contributed by atoms with Gasteiger partial charge in [-0.25, -0.2) is 4.98 Å². The highest BCUT2D eigenvalue weighted by atomic mass is 16.3. The van der Waals surface area contributed by atoms with Crippen molar-refractivity contribution in [3.63, 3.8) is 0 Å². The number of hydrogen-bond donors (Lipinski definition) is 4. The van der Waals surface area contributed by atoms with Crippen molar-refractivity contribution in [2.45, 2.75) is 58.2 Å². The number of nitrogens with zero attached hydrogens (tertiary/aromatic N) is 2. The number of likely N-dealkylation sites (N-methyl/N-ethyl adjacent to an activating group) is 1. The Hall–Kier alpha value is -2.45. The number of likely N-dealkylation sites (tertiary alicyclic amines) is 1. The van der Waals surface area contributed by atoms with Crippen LogP contribution in [0.2, 0.25) is 0 Å². The molecule has 2 aromatic rings. The first-order valence-electron chi connectivity index (χ1n) is 10.6. The van der Waals surface area contributed by atoms with E-state index in [0.29, 0.717) is 6.54 Å². The molecule has 3 heterocycles. The van der Waals surface area contributed by atoms with Crippen LogP contribution in [0, 0.1) is 5.41 Å². The third kappa shape index (κ3) is 4.65. The highest BCUT2D eigenvalue weighted by molar-refractivity contribution is 5.90. The topological polar surface area (TPSA) is 110 Å². The quantitative estimate of drug-likeness (QED) is 0.543. The molecule has 0 unspecified atom stereocenters. The molecule has 1 aliphatic rings. The normalized spacial score (nSPS) is 19.1. The van der Waals surface area contributed by atoms with Crippen molar-refractivity contribution in [3.8, 4) is 0 Å². The number of amides is 2. The van der Waals surface area contributed by atoms with Gasteiger partial charge in [0.25, 0.3) is 0 Å². The molecule has 0 radical (unpaired) electrons. The number of aliphatic hydroxyl groups is 1. The number of fused-ring (bicyclic) bond motifs is 1. The molecule has 3 rings (SSSR count). The van der Waals surface area contributed by atoms with Gasteiger partial charge >= 0.3 is 0 Å². The summed E-state index contributed by atoms with van der Waals surface area (Å²) in [7, 11) is 1.61. The second kappa shape index (κ2) is 9.14. The summed E-state index contributed by atoms with van der Waals surface area (Å²) >= 11 is 0. The Balaban J connectivity index is 1.78. The molecular formula is C22H33N5O3. The second-order valence-corrected chi connectivity index (χ2v) is 9.08. The van der Waals surface area contributed by atoms with Crippen molar-refractivity contribution < 1.29 is 14.7 Å². The van der Waals surface area contributed by atoms with E-state index in [2.05, 4.69) is 20.6 Å². The molecule has 0 aliphatic carbocycles. The summed E-state index contributed by atoms with van der Waals surface area (Å²) in [6.07, 6.45) is 6.35. The molecule has 0 aromatic carbocycles. The summed E-state index contributed by atoms with van der Waals surface area (Å²) in [5.41, 5.74) is 1.54. The number of nitrogens with one attached hydrogen (secondary N) is 3. The molecule has 8 heteroatoms. The minimum Gasteiger partial charge on any atom is -0.394 e. The van der Waals surface area contributed by atoms with E-state index >= 15 is 0 Å². The van der Waals surface area contributed by atoms with E-state index in [1.807, 2.05) is 44.0 Å². The van der Waals surface area contributed by atoms with E-state index in [1.165, 1.54) is 0 Å². The van der Waals surface area contributed by atoms with Crippen molar-refractivity contribution in [1.29, 1.82) is 0 Å². The van der Waals surface area contributed by atoms with Gasteiger partial charge in [0, 0.05) is 30.4 Å². The summed E-state index contributed by atoms with van der Waals surface area (Å²) in [6, 6.07) is 2.63. The minimum absolute atomic E-state index is 0.0656. The van der Waals surface area contributed by atoms with Crippen LogP contribution in [-0.4, -0.2) is 70.1 Å². The van der Waals surface area contributed by atoms with Crippen molar-refractivity contribution in [2.24, 2.45) is 5.41 Å². The fraction of sp³-hybridized carbons (Fsp3) is 0.591. The molecule has 0 spiro atoms. The molecule has 1 aliphatic heterocycles. The van der Waals surface area contributed by atoms with Crippen molar-refractivity contribution >= 4 is 22.8 Å². The Bertz CT molecular complexity index is 884. The van der Waals surface area contributed by atoms with Crippen LogP contribution >= 0.6 is 0 Å². The molecule has 2 amide bonds. The fourth-order valence-corrected chi connectivity index (χ4v) is 4.14. The summed E-state index contributed by atoms with van der Waals surface area (Å²) in [6.45, 7) is 6.19. The molecule has 3 atom stereocenters. The van der Waals surface area contributed by atoms with Gasteiger partial charge in [-0.3, -0.25) is 9.59 Å². The third-order valence-corrected chi connectivity index (χ3v) is 5.90. The van der Waals surface area contributed by atoms with E-state index in [4.69, 9.17) is 0 Å². The standard InChI is InChI=1S/C22H33N5O3/c1-22(2,3)18(26-20(29)17(13-28)23-4)21(30)27-10-6-7-15(27)11-14-12-25-19-16(14)8-5-9-24-19/h5,8-9,12,15,17-18,23,28H,6-7,10-11,13H2,1-4H3,(H,24,25)(H,26,29)/t15-,17+,18-/m1/s1. The number of H-pyrrole nitrogens is 1. The van der Waals surface area contributed by atoms with Crippen LogP contribution < -0.4 is 10.6 Å². The van der Waals surface area contributed by atoms with Crippen LogP contribution in [0.4, 0.5) is 0 Å². The first-order chi connectivity index (χ1) is 14.3. The lowest BCUT2D eigenvalue weighted by Crippen LogP contribution is -2.59. The van der Waals surface area contributed by atoms with E-state index in [1.54, 1.807) is 13.2 Å². The smallest absolute Gasteiger partial charge is 0.245 e. The number of aromatic nitrogens is 2. The van der Waals surface area contributed by atoms with Gasteiger partial charge < -0.3 is 25.6 Å². The van der Waals surface area contributed by atoms with Gasteiger partial charge in [0.1, 0.15) is 17.7 Å². The Morgan fingerprint density at radius 3 is 2.83 bits per heavy atom. The number of hydrogen-bond acceptors (Lipinski definition) is 5. The lowest BCUT2D eigenvalue weighted by Gasteiger charge is -2.36. The largest absolute Gasteiger partial charge is 0.394 e. The Morgan fingerprint density at radius 1 is 1.40 bits per heavy atom. The van der Waals surface area contributed by atoms with Gasteiger partial charge in [0.05, 0.1) is 6.61 Å². The lowest BCUT2D eigenvalue weighted by molar-refractivity contribution is -0.140. The van der Waals surface area contributed by atoms with Crippen molar-refractivity contribution in [2.75, 3.05) is 20.2 Å². The Morgan fingerprint density at radius 2 is 2.17 bits per heavy atom. The SMILES string of the molecule is CN[C@@H](CO)C(=O)N[C@H](C(=O)N1CCC[C@@H]1Cc1c[nH]c2ncccc12)C(C)(C)C. The van der Waals surface area contributed by atoms with E-state index in [9.17, 15) is 14.7 Å². The summed E-state index contributed by atoms with van der Waals surface area (Å²) in [4.78, 5) is 35.6. The minimum atomic E-state index is -0.740. The maximum atomic E-state index is 13.5. The molecule has 0 bridgehead atoms. The van der Waals surface area contributed by atoms with Crippen LogP contribution in [0.15, 0.2) is 24.5 Å². The average Bonchev–Trinajstić information content (AvgIpc) is 3.33. The zero-order valence-corrected chi connectivity index (χ0v) is 18.2. The van der Waals surface area contributed by atoms with E-state index in [0.717, 1.165) is 35.9 Å². The third-order valence-electron chi connectivity index (χ3n) is 5.90. The van der Waals surface area contributed by atoms with Gasteiger partial charge in [-0.2, -0.15) is 0 Å². The average molecular weight is 416 g/mol. The van der Waals surface area contributed by atoms with Crippen LogP contribution in [0.1, 0.15) is 39.2 Å². The number of carbonyl (C=O) groups excluding carboxylic acids is 2. The number of rotatable bonds is 7. The Labute approximate surface area is 177 Å². The molecule has 2 aromatic heterocycles. The van der Waals surface area contributed by atoms with Crippen molar-refractivity contribution in [3.05, 3.63) is 30.1 Å². The molecule has 4 N–H and O–H groups in total.